The van der Waals surface area contributed by atoms with E-state index in [0.717, 1.165) is 0 Å². The lowest BCUT2D eigenvalue weighted by Gasteiger charge is -2.28. The lowest BCUT2D eigenvalue weighted by Crippen LogP contribution is -2.52. The molecule has 8 heteroatoms. The molecule has 0 saturated carbocycles. The van der Waals surface area contributed by atoms with Gasteiger partial charge in [-0.3, -0.25) is 0 Å². The van der Waals surface area contributed by atoms with Crippen molar-refractivity contribution in [3.63, 3.8) is 0 Å². The first-order valence-corrected chi connectivity index (χ1v) is 7.25. The van der Waals surface area contributed by atoms with E-state index in [2.05, 4.69) is 9.46 Å². The summed E-state index contributed by atoms with van der Waals surface area (Å²) in [6.45, 7) is 6.51. The number of rotatable bonds is 7. The SMILES string of the molecule is CCC(C)(CCO)NS(=O)(=O)NC(=O)OC(C)C. The van der Waals surface area contributed by atoms with Gasteiger partial charge in [-0.2, -0.15) is 13.1 Å². The third-order valence-electron chi connectivity index (χ3n) is 2.39. The number of hydrogen-bond donors (Lipinski definition) is 3. The number of amides is 1. The number of aliphatic hydroxyl groups excluding tert-OH is 1. The summed E-state index contributed by atoms with van der Waals surface area (Å²) in [5.41, 5.74) is -0.807. The van der Waals surface area contributed by atoms with Crippen LogP contribution in [0.2, 0.25) is 0 Å². The van der Waals surface area contributed by atoms with Crippen LogP contribution in [0.4, 0.5) is 4.79 Å². The molecular weight excluding hydrogens is 260 g/mol. The summed E-state index contributed by atoms with van der Waals surface area (Å²) in [5, 5.41) is 8.88. The van der Waals surface area contributed by atoms with Gasteiger partial charge in [0.05, 0.1) is 6.10 Å². The highest BCUT2D eigenvalue weighted by Gasteiger charge is 2.29. The third-order valence-corrected chi connectivity index (χ3v) is 3.58. The molecule has 3 N–H and O–H groups in total. The van der Waals surface area contributed by atoms with Crippen LogP contribution in [0.5, 0.6) is 0 Å². The van der Waals surface area contributed by atoms with Crippen LogP contribution in [0.1, 0.15) is 40.5 Å². The lowest BCUT2D eigenvalue weighted by atomic mass is 9.97. The van der Waals surface area contributed by atoms with Gasteiger partial charge < -0.3 is 9.84 Å². The topological polar surface area (TPSA) is 105 Å². The Morgan fingerprint density at radius 2 is 2.00 bits per heavy atom. The van der Waals surface area contributed by atoms with Crippen LogP contribution in [0.3, 0.4) is 0 Å². The molecule has 1 unspecified atom stereocenters. The maximum atomic E-state index is 11.7. The zero-order valence-corrected chi connectivity index (χ0v) is 12.0. The zero-order valence-electron chi connectivity index (χ0n) is 11.2. The van der Waals surface area contributed by atoms with Crippen molar-refractivity contribution < 1.29 is 23.1 Å². The van der Waals surface area contributed by atoms with Gasteiger partial charge in [0.1, 0.15) is 0 Å². The Labute approximate surface area is 108 Å². The predicted molar refractivity (Wildman–Crippen MR) is 67.2 cm³/mol. The van der Waals surface area contributed by atoms with Crippen LogP contribution >= 0.6 is 0 Å². The average molecular weight is 282 g/mol. The van der Waals surface area contributed by atoms with E-state index in [4.69, 9.17) is 5.11 Å². The normalized spacial score (nSPS) is 15.2. The molecule has 0 spiro atoms. The minimum Gasteiger partial charge on any atom is -0.446 e. The van der Waals surface area contributed by atoms with Crippen molar-refractivity contribution in [2.24, 2.45) is 0 Å². The molecule has 0 aliphatic carbocycles. The summed E-state index contributed by atoms with van der Waals surface area (Å²) in [6, 6.07) is 0. The molecule has 0 aromatic rings. The van der Waals surface area contributed by atoms with Gasteiger partial charge in [-0.05, 0) is 33.6 Å². The molecule has 0 aromatic carbocycles. The van der Waals surface area contributed by atoms with Crippen LogP contribution in [0.15, 0.2) is 0 Å². The van der Waals surface area contributed by atoms with Gasteiger partial charge in [0, 0.05) is 12.1 Å². The molecule has 7 nitrogen and oxygen atoms in total. The minimum absolute atomic E-state index is 0.150. The van der Waals surface area contributed by atoms with Crippen molar-refractivity contribution in [1.29, 1.82) is 0 Å². The largest absolute Gasteiger partial charge is 0.446 e. The predicted octanol–water partition coefficient (Wildman–Crippen LogP) is 0.507. The standard InChI is InChI=1S/C10H22N2O5S/c1-5-10(4,6-7-13)12-18(15,16)11-9(14)17-8(2)3/h8,12-13H,5-7H2,1-4H3,(H,11,14). The molecule has 0 rings (SSSR count). The highest BCUT2D eigenvalue weighted by Crippen LogP contribution is 2.14. The molecule has 0 radical (unpaired) electrons. The van der Waals surface area contributed by atoms with E-state index >= 15 is 0 Å². The van der Waals surface area contributed by atoms with Crippen LogP contribution in [-0.4, -0.2) is 37.9 Å². The number of hydrogen-bond acceptors (Lipinski definition) is 5. The van der Waals surface area contributed by atoms with Crippen molar-refractivity contribution in [1.82, 2.24) is 9.44 Å². The smallest absolute Gasteiger partial charge is 0.422 e. The van der Waals surface area contributed by atoms with Crippen LogP contribution in [0, 0.1) is 0 Å². The fourth-order valence-corrected chi connectivity index (χ4v) is 2.46. The van der Waals surface area contributed by atoms with Crippen LogP contribution in [0.25, 0.3) is 0 Å². The summed E-state index contributed by atoms with van der Waals surface area (Å²) in [7, 11) is -4.00. The van der Waals surface area contributed by atoms with Crippen LogP contribution in [-0.2, 0) is 14.9 Å². The van der Waals surface area contributed by atoms with Crippen molar-refractivity contribution in [3.8, 4) is 0 Å². The Morgan fingerprint density at radius 3 is 2.39 bits per heavy atom. The Kier molecular flexibility index (Phi) is 6.58. The number of ether oxygens (including phenoxy) is 1. The van der Waals surface area contributed by atoms with Gasteiger partial charge in [0.2, 0.25) is 0 Å². The Hall–Kier alpha value is -0.860. The first-order valence-electron chi connectivity index (χ1n) is 5.77. The molecule has 108 valence electrons. The first kappa shape index (κ1) is 17.1. The highest BCUT2D eigenvalue weighted by atomic mass is 32.2. The molecule has 0 aliphatic rings. The lowest BCUT2D eigenvalue weighted by molar-refractivity contribution is 0.121. The summed E-state index contributed by atoms with van der Waals surface area (Å²) in [4.78, 5) is 11.2. The van der Waals surface area contributed by atoms with E-state index < -0.39 is 27.9 Å². The van der Waals surface area contributed by atoms with Crippen LogP contribution < -0.4 is 9.44 Å². The van der Waals surface area contributed by atoms with Crippen molar-refractivity contribution in [3.05, 3.63) is 0 Å². The fourth-order valence-electron chi connectivity index (χ4n) is 1.24. The Morgan fingerprint density at radius 1 is 1.44 bits per heavy atom. The second-order valence-corrected chi connectivity index (χ2v) is 5.96. The molecule has 0 fully saturated rings. The fraction of sp³-hybridized carbons (Fsp3) is 0.900. The quantitative estimate of drug-likeness (QED) is 0.631. The molecule has 0 aliphatic heterocycles. The molecule has 0 saturated heterocycles. The van der Waals surface area contributed by atoms with Gasteiger partial charge in [0.15, 0.2) is 0 Å². The number of carbonyl (C=O) groups is 1. The summed E-state index contributed by atoms with van der Waals surface area (Å²) in [5.74, 6) is 0. The van der Waals surface area contributed by atoms with E-state index in [9.17, 15) is 13.2 Å². The van der Waals surface area contributed by atoms with E-state index in [-0.39, 0.29) is 13.0 Å². The van der Waals surface area contributed by atoms with Gasteiger partial charge in [0.25, 0.3) is 0 Å². The average Bonchev–Trinajstić information content (AvgIpc) is 2.14. The van der Waals surface area contributed by atoms with E-state index in [1.165, 1.54) is 0 Å². The molecule has 1 atom stereocenters. The second kappa shape index (κ2) is 6.91. The Balaban J connectivity index is 4.60. The maximum Gasteiger partial charge on any atom is 0.422 e. The van der Waals surface area contributed by atoms with E-state index in [1.54, 1.807) is 32.4 Å². The summed E-state index contributed by atoms with van der Waals surface area (Å²) >= 11 is 0. The molecule has 1 amide bonds. The van der Waals surface area contributed by atoms with Crippen molar-refractivity contribution in [2.45, 2.75) is 52.2 Å². The first-order chi connectivity index (χ1) is 8.14. The minimum atomic E-state index is -4.00. The maximum absolute atomic E-state index is 11.7. The van der Waals surface area contributed by atoms with Gasteiger partial charge in [-0.25, -0.2) is 9.52 Å². The number of aliphatic hydroxyl groups is 1. The Bertz CT molecular complexity index is 368. The van der Waals surface area contributed by atoms with Gasteiger partial charge in [-0.1, -0.05) is 6.92 Å². The van der Waals surface area contributed by atoms with Gasteiger partial charge >= 0.3 is 16.3 Å². The molecular formula is C10H22N2O5S. The second-order valence-electron chi connectivity index (χ2n) is 4.55. The molecule has 0 aromatic heterocycles. The zero-order chi connectivity index (χ0) is 14.4. The summed E-state index contributed by atoms with van der Waals surface area (Å²) in [6.07, 6.45) is -0.702. The van der Waals surface area contributed by atoms with E-state index in [1.807, 2.05) is 0 Å². The monoisotopic (exact) mass is 282 g/mol. The number of carbonyl (C=O) groups excluding carboxylic acids is 1. The van der Waals surface area contributed by atoms with Crippen molar-refractivity contribution >= 4 is 16.3 Å². The summed E-state index contributed by atoms with van der Waals surface area (Å²) < 4.78 is 32.1. The molecule has 0 heterocycles. The molecule has 0 bridgehead atoms. The number of nitrogens with one attached hydrogen (secondary N) is 2. The van der Waals surface area contributed by atoms with Crippen molar-refractivity contribution in [2.75, 3.05) is 6.61 Å². The molecule has 18 heavy (non-hydrogen) atoms. The highest BCUT2D eigenvalue weighted by molar-refractivity contribution is 7.88. The third kappa shape index (κ3) is 6.77. The van der Waals surface area contributed by atoms with Gasteiger partial charge in [-0.15, -0.1) is 0 Å². The van der Waals surface area contributed by atoms with E-state index in [0.29, 0.717) is 6.42 Å².